The monoisotopic (exact) mass is 1370 g/mol. The van der Waals surface area contributed by atoms with Crippen LogP contribution in [0.4, 0.5) is 0 Å². The van der Waals surface area contributed by atoms with Gasteiger partial charge in [0.2, 0.25) is 0 Å². The summed E-state index contributed by atoms with van der Waals surface area (Å²) in [6.07, 6.45) is 0. The molecule has 6 heteroatoms. The van der Waals surface area contributed by atoms with Gasteiger partial charge in [-0.05, 0) is 189 Å². The summed E-state index contributed by atoms with van der Waals surface area (Å²) >= 11 is 0. The number of fused-ring (bicyclic) bond motifs is 18. The molecule has 0 spiro atoms. The fourth-order valence-electron chi connectivity index (χ4n) is 17.9. The number of aromatic nitrogens is 4. The molecule has 23 aromatic rings. The molecular weight excluding hydrogens is 1310 g/mol. The molecule has 0 atom stereocenters. The van der Waals surface area contributed by atoms with E-state index in [1.807, 2.05) is 0 Å². The van der Waals surface area contributed by atoms with Crippen LogP contribution in [0.25, 0.3) is 221 Å². The van der Waals surface area contributed by atoms with Gasteiger partial charge in [0.1, 0.15) is 22.3 Å². The molecule has 6 nitrogen and oxygen atoms in total. The molecule has 6 heterocycles. The lowest BCUT2D eigenvalue weighted by Gasteiger charge is -2.14. The van der Waals surface area contributed by atoms with Gasteiger partial charge in [-0.25, -0.2) is 0 Å². The van der Waals surface area contributed by atoms with Crippen LogP contribution < -0.4 is 0 Å². The molecule has 0 aliphatic heterocycles. The van der Waals surface area contributed by atoms with E-state index in [1.165, 1.54) is 93.0 Å². The summed E-state index contributed by atoms with van der Waals surface area (Å²) in [5.41, 5.74) is 30.9. The van der Waals surface area contributed by atoms with E-state index in [-0.39, 0.29) is 0 Å². The third-order valence-electron chi connectivity index (χ3n) is 22.7. The fourth-order valence-corrected chi connectivity index (χ4v) is 17.9. The lowest BCUT2D eigenvalue weighted by Crippen LogP contribution is -1.96. The first kappa shape index (κ1) is 60.0. The second-order valence-corrected chi connectivity index (χ2v) is 28.6. The molecule has 502 valence electrons. The van der Waals surface area contributed by atoms with Gasteiger partial charge in [-0.1, -0.05) is 243 Å². The normalized spacial score (nSPS) is 12.1. The van der Waals surface area contributed by atoms with Crippen molar-refractivity contribution >= 4 is 131 Å². The van der Waals surface area contributed by atoms with Crippen molar-refractivity contribution in [3.63, 3.8) is 0 Å². The predicted molar refractivity (Wildman–Crippen MR) is 451 cm³/mol. The Labute approximate surface area is 619 Å². The number of benzene rings is 17. The zero-order valence-corrected chi connectivity index (χ0v) is 58.4. The molecule has 0 radical (unpaired) electrons. The Morgan fingerprint density at radius 1 is 0.157 bits per heavy atom. The standard InChI is InChI=1S/C102H62N4O2/c1-5-21-63(22-6-1)69-44-50-94-84(56-69)89-58-71(57-82(68-27-11-4-12-28-68)102(89)105(94)74-47-53-98-87(61-74)85-59-72(45-51-96(85)107-98)103-90-35-16-13-29-78(90)79-30-14-17-36-91(79)103)65-41-39-64(40-42-65)70-43-49-93-83(55-70)80-31-15-18-37-92(80)104(93)73-46-52-97-86(60-73)88-62-75(48-54-99(88)108-97)106-95-38-20-32-76(66-23-7-2-8-24-66)100(95)81-34-19-33-77(101(81)106)67-25-9-3-10-26-67/h1-62H. The molecular formula is C102H62N4O2. The Balaban J connectivity index is 0.638. The van der Waals surface area contributed by atoms with Gasteiger partial charge in [-0.2, -0.15) is 0 Å². The molecule has 17 aromatic carbocycles. The number of para-hydroxylation sites is 4. The maximum Gasteiger partial charge on any atom is 0.135 e. The number of hydrogen-bond acceptors (Lipinski definition) is 2. The summed E-state index contributed by atoms with van der Waals surface area (Å²) < 4.78 is 23.2. The summed E-state index contributed by atoms with van der Waals surface area (Å²) in [6.45, 7) is 0. The van der Waals surface area contributed by atoms with Crippen LogP contribution in [-0.4, -0.2) is 18.3 Å². The van der Waals surface area contributed by atoms with Crippen LogP contribution >= 0.6 is 0 Å². The Morgan fingerprint density at radius 3 is 0.991 bits per heavy atom. The summed E-state index contributed by atoms with van der Waals surface area (Å²) in [6, 6.07) is 138. The molecule has 0 bridgehead atoms. The van der Waals surface area contributed by atoms with Crippen molar-refractivity contribution in [2.75, 3.05) is 0 Å². The quantitative estimate of drug-likeness (QED) is 0.137. The number of furan rings is 2. The van der Waals surface area contributed by atoms with E-state index in [2.05, 4.69) is 394 Å². The second-order valence-electron chi connectivity index (χ2n) is 28.6. The van der Waals surface area contributed by atoms with Gasteiger partial charge >= 0.3 is 0 Å². The van der Waals surface area contributed by atoms with Crippen molar-refractivity contribution < 1.29 is 8.83 Å². The largest absolute Gasteiger partial charge is 0.456 e. The Morgan fingerprint density at radius 2 is 0.481 bits per heavy atom. The molecule has 0 saturated heterocycles. The van der Waals surface area contributed by atoms with Crippen molar-refractivity contribution in [1.82, 2.24) is 18.3 Å². The fraction of sp³-hybridized carbons (Fsp3) is 0. The van der Waals surface area contributed by atoms with Crippen LogP contribution in [0.15, 0.2) is 385 Å². The topological polar surface area (TPSA) is 46.0 Å². The summed E-state index contributed by atoms with van der Waals surface area (Å²) in [5.74, 6) is 0. The second kappa shape index (κ2) is 23.5. The first-order valence-corrected chi connectivity index (χ1v) is 37.0. The molecule has 0 fully saturated rings. The molecule has 23 rings (SSSR count). The minimum absolute atomic E-state index is 0.847. The minimum Gasteiger partial charge on any atom is -0.456 e. The summed E-state index contributed by atoms with van der Waals surface area (Å²) in [5, 5.41) is 13.9. The van der Waals surface area contributed by atoms with Crippen LogP contribution in [0.1, 0.15) is 0 Å². The van der Waals surface area contributed by atoms with Gasteiger partial charge in [0.05, 0.1) is 44.1 Å². The maximum absolute atomic E-state index is 6.74. The summed E-state index contributed by atoms with van der Waals surface area (Å²) in [7, 11) is 0. The van der Waals surface area contributed by atoms with Gasteiger partial charge in [-0.3, -0.25) is 0 Å². The number of rotatable bonds is 10. The highest BCUT2D eigenvalue weighted by molar-refractivity contribution is 6.21. The minimum atomic E-state index is 0.847. The molecule has 108 heavy (non-hydrogen) atoms. The molecule has 6 aromatic heterocycles. The van der Waals surface area contributed by atoms with E-state index in [0.29, 0.717) is 0 Å². The van der Waals surface area contributed by atoms with Crippen molar-refractivity contribution in [2.45, 2.75) is 0 Å². The highest BCUT2D eigenvalue weighted by Crippen LogP contribution is 2.48. The van der Waals surface area contributed by atoms with Crippen molar-refractivity contribution in [3.8, 4) is 89.5 Å². The third-order valence-corrected chi connectivity index (χ3v) is 22.7. The van der Waals surface area contributed by atoms with E-state index in [4.69, 9.17) is 8.83 Å². The van der Waals surface area contributed by atoms with Crippen LogP contribution in [0.5, 0.6) is 0 Å². The van der Waals surface area contributed by atoms with E-state index in [0.717, 1.165) is 128 Å². The smallest absolute Gasteiger partial charge is 0.135 e. The molecule has 0 N–H and O–H groups in total. The number of nitrogens with zero attached hydrogens (tertiary/aromatic N) is 4. The highest BCUT2D eigenvalue weighted by atomic mass is 16.3. The Bertz CT molecular complexity index is 7580. The van der Waals surface area contributed by atoms with Crippen molar-refractivity contribution in [3.05, 3.63) is 376 Å². The average Bonchev–Trinajstić information content (AvgIpc) is 1.56. The van der Waals surface area contributed by atoms with Gasteiger partial charge in [0.15, 0.2) is 0 Å². The lowest BCUT2D eigenvalue weighted by molar-refractivity contribution is 0.668. The van der Waals surface area contributed by atoms with Gasteiger partial charge in [0, 0.05) is 98.5 Å². The van der Waals surface area contributed by atoms with Crippen molar-refractivity contribution in [1.29, 1.82) is 0 Å². The van der Waals surface area contributed by atoms with Gasteiger partial charge in [-0.15, -0.1) is 0 Å². The highest BCUT2D eigenvalue weighted by Gasteiger charge is 2.25. The molecule has 0 aliphatic rings. The van der Waals surface area contributed by atoms with E-state index < -0.39 is 0 Å². The van der Waals surface area contributed by atoms with Crippen LogP contribution in [-0.2, 0) is 0 Å². The molecule has 0 amide bonds. The van der Waals surface area contributed by atoms with Gasteiger partial charge in [0.25, 0.3) is 0 Å². The average molecular weight is 1380 g/mol. The zero-order valence-electron chi connectivity index (χ0n) is 58.4. The first-order valence-electron chi connectivity index (χ1n) is 37.0. The number of hydrogen-bond donors (Lipinski definition) is 0. The van der Waals surface area contributed by atoms with E-state index in [9.17, 15) is 0 Å². The predicted octanol–water partition coefficient (Wildman–Crippen LogP) is 27.9. The van der Waals surface area contributed by atoms with E-state index in [1.54, 1.807) is 0 Å². The van der Waals surface area contributed by atoms with Crippen LogP contribution in [0.3, 0.4) is 0 Å². The van der Waals surface area contributed by atoms with E-state index >= 15 is 0 Å². The Kier molecular flexibility index (Phi) is 13.1. The van der Waals surface area contributed by atoms with Crippen LogP contribution in [0, 0.1) is 0 Å². The third kappa shape index (κ3) is 9.14. The summed E-state index contributed by atoms with van der Waals surface area (Å²) in [4.78, 5) is 0. The SMILES string of the molecule is c1ccc(-c2ccc3c(c2)c2cc(-c4ccc(-c5ccc6c(c5)c5ccccc5n6-c5ccc6oc7ccc(-n8c9cccc(-c%10ccccc%10)c9c9cccc(-c%10ccccc%10)c98)cc7c6c5)cc4)cc(-c4ccccc4)c2n3-c2ccc3oc4ccc(-n5c6ccccc6c6ccccc65)cc4c3c2)cc1. The maximum atomic E-state index is 6.74. The zero-order chi connectivity index (χ0) is 70.7. The molecule has 0 aliphatic carbocycles. The molecule has 0 unspecified atom stereocenters. The Hall–Kier alpha value is -14.5. The first-order chi connectivity index (χ1) is 53.5. The van der Waals surface area contributed by atoms with Gasteiger partial charge < -0.3 is 27.1 Å². The molecule has 0 saturated carbocycles. The lowest BCUT2D eigenvalue weighted by atomic mass is 9.93. The van der Waals surface area contributed by atoms with Crippen LogP contribution in [0.2, 0.25) is 0 Å². The van der Waals surface area contributed by atoms with Crippen molar-refractivity contribution in [2.24, 2.45) is 0 Å².